The second-order valence-corrected chi connectivity index (χ2v) is 6.44. The van der Waals surface area contributed by atoms with Gasteiger partial charge in [-0.25, -0.2) is 4.39 Å². The molecule has 1 heterocycles. The zero-order valence-electron chi connectivity index (χ0n) is 13.5. The van der Waals surface area contributed by atoms with E-state index in [9.17, 15) is 4.39 Å². The van der Waals surface area contributed by atoms with Gasteiger partial charge in [0.05, 0.1) is 17.9 Å². The lowest BCUT2D eigenvalue weighted by molar-refractivity contribution is 0.158. The van der Waals surface area contributed by atoms with Crippen LogP contribution in [0.4, 0.5) is 4.39 Å². The van der Waals surface area contributed by atoms with Gasteiger partial charge in [0.15, 0.2) is 0 Å². The lowest BCUT2D eigenvalue weighted by Crippen LogP contribution is -2.37. The van der Waals surface area contributed by atoms with Crippen LogP contribution in [0.3, 0.4) is 0 Å². The molecular formula is C17H28FN3. The Hall–Kier alpha value is -1.00. The third-order valence-corrected chi connectivity index (χ3v) is 4.76. The Balaban J connectivity index is 1.86. The molecule has 1 aromatic heterocycles. The Kier molecular flexibility index (Phi) is 6.12. The summed E-state index contributed by atoms with van der Waals surface area (Å²) in [6, 6.07) is 4.17. The van der Waals surface area contributed by atoms with Crippen molar-refractivity contribution in [1.29, 1.82) is 0 Å². The second-order valence-electron chi connectivity index (χ2n) is 6.44. The SMILES string of the molecule is CNC(CCN(C)C1CCCC(C)C1)c1ccc(F)cn1. The molecule has 1 aromatic rings. The first-order valence-electron chi connectivity index (χ1n) is 8.09. The molecule has 2 rings (SSSR count). The maximum absolute atomic E-state index is 13.0. The van der Waals surface area contributed by atoms with Crippen LogP contribution in [0.1, 0.15) is 50.8 Å². The second kappa shape index (κ2) is 7.85. The van der Waals surface area contributed by atoms with Gasteiger partial charge in [0.25, 0.3) is 0 Å². The highest BCUT2D eigenvalue weighted by Gasteiger charge is 2.23. The Labute approximate surface area is 127 Å². The summed E-state index contributed by atoms with van der Waals surface area (Å²) in [5.41, 5.74) is 0.921. The predicted molar refractivity (Wildman–Crippen MR) is 84.7 cm³/mol. The Morgan fingerprint density at radius 2 is 2.24 bits per heavy atom. The van der Waals surface area contributed by atoms with Gasteiger partial charge in [-0.05, 0) is 58.0 Å². The number of hydrogen-bond acceptors (Lipinski definition) is 3. The van der Waals surface area contributed by atoms with E-state index in [4.69, 9.17) is 0 Å². The van der Waals surface area contributed by atoms with E-state index >= 15 is 0 Å². The van der Waals surface area contributed by atoms with E-state index in [1.165, 1.54) is 37.9 Å². The summed E-state index contributed by atoms with van der Waals surface area (Å²) in [5, 5.41) is 3.29. The first-order chi connectivity index (χ1) is 10.1. The molecule has 0 bridgehead atoms. The summed E-state index contributed by atoms with van der Waals surface area (Å²) in [5.74, 6) is 0.576. The molecule has 0 aliphatic heterocycles. The van der Waals surface area contributed by atoms with Crippen LogP contribution in [0.2, 0.25) is 0 Å². The van der Waals surface area contributed by atoms with Crippen molar-refractivity contribution < 1.29 is 4.39 Å². The molecule has 3 nitrogen and oxygen atoms in total. The molecule has 0 spiro atoms. The smallest absolute Gasteiger partial charge is 0.141 e. The molecule has 1 aliphatic carbocycles. The van der Waals surface area contributed by atoms with Crippen LogP contribution < -0.4 is 5.32 Å². The fourth-order valence-corrected chi connectivity index (χ4v) is 3.35. The lowest BCUT2D eigenvalue weighted by Gasteiger charge is -2.34. The van der Waals surface area contributed by atoms with Crippen molar-refractivity contribution >= 4 is 0 Å². The molecular weight excluding hydrogens is 265 g/mol. The van der Waals surface area contributed by atoms with Gasteiger partial charge in [-0.1, -0.05) is 19.8 Å². The van der Waals surface area contributed by atoms with Crippen molar-refractivity contribution in [1.82, 2.24) is 15.2 Å². The molecule has 1 N–H and O–H groups in total. The van der Waals surface area contributed by atoms with Crippen LogP contribution in [0, 0.1) is 11.7 Å². The average Bonchev–Trinajstić information content (AvgIpc) is 2.49. The Morgan fingerprint density at radius 1 is 1.43 bits per heavy atom. The number of nitrogens with one attached hydrogen (secondary N) is 1. The first-order valence-corrected chi connectivity index (χ1v) is 8.09. The standard InChI is InChI=1S/C17H28FN3/c1-13-5-4-6-15(11-13)21(3)10-9-16(19-2)17-8-7-14(18)12-20-17/h7-8,12-13,15-16,19H,4-6,9-11H2,1-3H3. The average molecular weight is 293 g/mol. The summed E-state index contributed by atoms with van der Waals surface area (Å²) in [7, 11) is 4.17. The van der Waals surface area contributed by atoms with Crippen LogP contribution in [0.15, 0.2) is 18.3 Å². The van der Waals surface area contributed by atoms with Gasteiger partial charge < -0.3 is 10.2 Å². The molecule has 3 atom stereocenters. The van der Waals surface area contributed by atoms with Gasteiger partial charge in [0.2, 0.25) is 0 Å². The van der Waals surface area contributed by atoms with Crippen LogP contribution in [0.5, 0.6) is 0 Å². The number of halogens is 1. The minimum Gasteiger partial charge on any atom is -0.312 e. The molecule has 1 saturated carbocycles. The zero-order valence-corrected chi connectivity index (χ0v) is 13.5. The van der Waals surface area contributed by atoms with E-state index in [1.54, 1.807) is 6.07 Å². The summed E-state index contributed by atoms with van der Waals surface area (Å²) in [6.07, 6.45) is 7.66. The molecule has 0 amide bonds. The molecule has 1 aliphatic rings. The van der Waals surface area contributed by atoms with Crippen molar-refractivity contribution in [3.05, 3.63) is 29.8 Å². The molecule has 0 radical (unpaired) electrons. The van der Waals surface area contributed by atoms with Gasteiger partial charge in [0, 0.05) is 6.04 Å². The monoisotopic (exact) mass is 293 g/mol. The number of aromatic nitrogens is 1. The molecule has 0 aromatic carbocycles. The predicted octanol–water partition coefficient (Wildman–Crippen LogP) is 3.38. The van der Waals surface area contributed by atoms with E-state index in [1.807, 2.05) is 7.05 Å². The van der Waals surface area contributed by atoms with Gasteiger partial charge >= 0.3 is 0 Å². The van der Waals surface area contributed by atoms with E-state index in [-0.39, 0.29) is 11.9 Å². The van der Waals surface area contributed by atoms with Crippen molar-refractivity contribution in [2.75, 3.05) is 20.6 Å². The summed E-state index contributed by atoms with van der Waals surface area (Å²) in [6.45, 7) is 3.40. The number of rotatable bonds is 6. The van der Waals surface area contributed by atoms with Crippen molar-refractivity contribution in [2.45, 2.75) is 51.1 Å². The fraction of sp³-hybridized carbons (Fsp3) is 0.706. The Bertz CT molecular complexity index is 421. The minimum atomic E-state index is -0.276. The van der Waals surface area contributed by atoms with Crippen LogP contribution >= 0.6 is 0 Å². The van der Waals surface area contributed by atoms with E-state index < -0.39 is 0 Å². The third-order valence-electron chi connectivity index (χ3n) is 4.76. The van der Waals surface area contributed by atoms with Crippen LogP contribution in [0.25, 0.3) is 0 Å². The largest absolute Gasteiger partial charge is 0.312 e. The highest BCUT2D eigenvalue weighted by molar-refractivity contribution is 5.09. The maximum Gasteiger partial charge on any atom is 0.141 e. The number of pyridine rings is 1. The molecule has 118 valence electrons. The quantitative estimate of drug-likeness (QED) is 0.871. The molecule has 4 heteroatoms. The first kappa shape index (κ1) is 16.4. The summed E-state index contributed by atoms with van der Waals surface area (Å²) < 4.78 is 13.0. The van der Waals surface area contributed by atoms with E-state index in [2.05, 4.69) is 29.2 Å². The Morgan fingerprint density at radius 3 is 2.86 bits per heavy atom. The van der Waals surface area contributed by atoms with Crippen LogP contribution in [-0.4, -0.2) is 36.6 Å². The van der Waals surface area contributed by atoms with Gasteiger partial charge in [-0.15, -0.1) is 0 Å². The minimum absolute atomic E-state index is 0.189. The summed E-state index contributed by atoms with van der Waals surface area (Å²) >= 11 is 0. The number of nitrogens with zero attached hydrogens (tertiary/aromatic N) is 2. The molecule has 1 fully saturated rings. The highest BCUT2D eigenvalue weighted by atomic mass is 19.1. The van der Waals surface area contributed by atoms with Crippen molar-refractivity contribution in [2.24, 2.45) is 5.92 Å². The van der Waals surface area contributed by atoms with E-state index in [0.717, 1.165) is 24.6 Å². The van der Waals surface area contributed by atoms with Gasteiger partial charge in [-0.2, -0.15) is 0 Å². The molecule has 21 heavy (non-hydrogen) atoms. The molecule has 0 saturated heterocycles. The maximum atomic E-state index is 13.0. The third kappa shape index (κ3) is 4.75. The normalized spacial score (nSPS) is 24.2. The fourth-order valence-electron chi connectivity index (χ4n) is 3.35. The summed E-state index contributed by atoms with van der Waals surface area (Å²) in [4.78, 5) is 6.69. The zero-order chi connectivity index (χ0) is 15.2. The van der Waals surface area contributed by atoms with Crippen molar-refractivity contribution in [3.8, 4) is 0 Å². The van der Waals surface area contributed by atoms with Gasteiger partial charge in [-0.3, -0.25) is 4.98 Å². The highest BCUT2D eigenvalue weighted by Crippen LogP contribution is 2.27. The van der Waals surface area contributed by atoms with Crippen LogP contribution in [-0.2, 0) is 0 Å². The van der Waals surface area contributed by atoms with Gasteiger partial charge in [0.1, 0.15) is 5.82 Å². The number of hydrogen-bond donors (Lipinski definition) is 1. The molecule has 3 unspecified atom stereocenters. The van der Waals surface area contributed by atoms with E-state index in [0.29, 0.717) is 6.04 Å². The van der Waals surface area contributed by atoms with Crippen molar-refractivity contribution in [3.63, 3.8) is 0 Å². The topological polar surface area (TPSA) is 28.2 Å². The lowest BCUT2D eigenvalue weighted by atomic mass is 9.86.